The molecule has 0 aromatic rings. The minimum Gasteiger partial charge on any atom is -0.396 e. The molecule has 98 valence electrons. The summed E-state index contributed by atoms with van der Waals surface area (Å²) in [5.41, 5.74) is 0. The SMILES string of the molecule is CC1CCCNC1C(=O)NC1CCCC1CO. The molecule has 1 heterocycles. The van der Waals surface area contributed by atoms with Crippen LogP contribution in [0.15, 0.2) is 0 Å². The van der Waals surface area contributed by atoms with Crippen molar-refractivity contribution in [2.75, 3.05) is 13.2 Å². The summed E-state index contributed by atoms with van der Waals surface area (Å²) in [6.45, 7) is 3.27. The zero-order valence-corrected chi connectivity index (χ0v) is 10.6. The third kappa shape index (κ3) is 2.99. The molecule has 4 heteroatoms. The van der Waals surface area contributed by atoms with Crippen molar-refractivity contribution in [3.63, 3.8) is 0 Å². The first-order valence-corrected chi connectivity index (χ1v) is 6.87. The van der Waals surface area contributed by atoms with E-state index in [9.17, 15) is 9.90 Å². The second-order valence-corrected chi connectivity index (χ2v) is 5.54. The molecule has 4 nitrogen and oxygen atoms in total. The molecule has 0 aromatic heterocycles. The summed E-state index contributed by atoms with van der Waals surface area (Å²) >= 11 is 0. The highest BCUT2D eigenvalue weighted by atomic mass is 16.3. The number of carbonyl (C=O) groups excluding carboxylic acids is 1. The van der Waals surface area contributed by atoms with Crippen LogP contribution in [0.3, 0.4) is 0 Å². The van der Waals surface area contributed by atoms with E-state index in [2.05, 4.69) is 17.6 Å². The van der Waals surface area contributed by atoms with E-state index < -0.39 is 0 Å². The number of piperidine rings is 1. The monoisotopic (exact) mass is 240 g/mol. The molecule has 2 aliphatic rings. The fourth-order valence-electron chi connectivity index (χ4n) is 3.12. The number of nitrogens with one attached hydrogen (secondary N) is 2. The molecule has 1 aliphatic carbocycles. The third-order valence-electron chi connectivity index (χ3n) is 4.27. The molecule has 4 atom stereocenters. The second kappa shape index (κ2) is 5.83. The van der Waals surface area contributed by atoms with Gasteiger partial charge in [-0.1, -0.05) is 13.3 Å². The zero-order valence-electron chi connectivity index (χ0n) is 10.6. The largest absolute Gasteiger partial charge is 0.396 e. The molecule has 0 radical (unpaired) electrons. The van der Waals surface area contributed by atoms with Crippen molar-refractivity contribution in [3.8, 4) is 0 Å². The molecular weight excluding hydrogens is 216 g/mol. The Hall–Kier alpha value is -0.610. The van der Waals surface area contributed by atoms with Gasteiger partial charge in [-0.25, -0.2) is 0 Å². The van der Waals surface area contributed by atoms with Crippen molar-refractivity contribution in [1.29, 1.82) is 0 Å². The lowest BCUT2D eigenvalue weighted by Gasteiger charge is -2.31. The highest BCUT2D eigenvalue weighted by molar-refractivity contribution is 5.82. The molecule has 2 rings (SSSR count). The number of hydrogen-bond acceptors (Lipinski definition) is 3. The van der Waals surface area contributed by atoms with Crippen LogP contribution in [0.25, 0.3) is 0 Å². The lowest BCUT2D eigenvalue weighted by molar-refractivity contribution is -0.125. The highest BCUT2D eigenvalue weighted by Crippen LogP contribution is 2.25. The van der Waals surface area contributed by atoms with E-state index in [0.29, 0.717) is 5.92 Å². The molecule has 3 N–H and O–H groups in total. The van der Waals surface area contributed by atoms with Crippen LogP contribution in [0, 0.1) is 11.8 Å². The number of hydrogen-bond donors (Lipinski definition) is 3. The van der Waals surface area contributed by atoms with Crippen molar-refractivity contribution in [2.24, 2.45) is 11.8 Å². The molecule has 1 saturated heterocycles. The normalized spacial score (nSPS) is 38.0. The van der Waals surface area contributed by atoms with Gasteiger partial charge < -0.3 is 15.7 Å². The average Bonchev–Trinajstić information content (AvgIpc) is 2.76. The van der Waals surface area contributed by atoms with Crippen LogP contribution in [-0.4, -0.2) is 36.2 Å². The number of aliphatic hydroxyl groups excluding tert-OH is 1. The maximum atomic E-state index is 12.2. The summed E-state index contributed by atoms with van der Waals surface area (Å²) in [5, 5.41) is 15.7. The molecule has 0 aromatic carbocycles. The molecule has 2 fully saturated rings. The summed E-state index contributed by atoms with van der Waals surface area (Å²) < 4.78 is 0. The third-order valence-corrected chi connectivity index (χ3v) is 4.27. The van der Waals surface area contributed by atoms with Gasteiger partial charge in [0.05, 0.1) is 6.04 Å². The van der Waals surface area contributed by atoms with Gasteiger partial charge in [0, 0.05) is 18.6 Å². The lowest BCUT2D eigenvalue weighted by Crippen LogP contribution is -2.53. The molecule has 1 saturated carbocycles. The predicted molar refractivity (Wildman–Crippen MR) is 66.5 cm³/mol. The summed E-state index contributed by atoms with van der Waals surface area (Å²) in [4.78, 5) is 12.2. The van der Waals surface area contributed by atoms with E-state index in [-0.39, 0.29) is 30.5 Å². The predicted octanol–water partition coefficient (Wildman–Crippen LogP) is 0.652. The van der Waals surface area contributed by atoms with Crippen LogP contribution >= 0.6 is 0 Å². The Balaban J connectivity index is 1.87. The summed E-state index contributed by atoms with van der Waals surface area (Å²) in [5.74, 6) is 0.804. The maximum absolute atomic E-state index is 12.2. The Kier molecular flexibility index (Phi) is 4.40. The van der Waals surface area contributed by atoms with E-state index in [1.54, 1.807) is 0 Å². The summed E-state index contributed by atoms with van der Waals surface area (Å²) in [6, 6.07) is 0.145. The first-order chi connectivity index (χ1) is 8.22. The van der Waals surface area contributed by atoms with Gasteiger partial charge >= 0.3 is 0 Å². The van der Waals surface area contributed by atoms with Crippen molar-refractivity contribution in [2.45, 2.75) is 51.1 Å². The maximum Gasteiger partial charge on any atom is 0.237 e. The fraction of sp³-hybridized carbons (Fsp3) is 0.923. The van der Waals surface area contributed by atoms with Gasteiger partial charge in [-0.3, -0.25) is 4.79 Å². The molecule has 17 heavy (non-hydrogen) atoms. The molecule has 1 aliphatic heterocycles. The number of aliphatic hydroxyl groups is 1. The average molecular weight is 240 g/mol. The Morgan fingerprint density at radius 1 is 1.35 bits per heavy atom. The Bertz CT molecular complexity index is 270. The van der Waals surface area contributed by atoms with Crippen molar-refractivity contribution in [3.05, 3.63) is 0 Å². The molecule has 4 unspecified atom stereocenters. The number of amides is 1. The fourth-order valence-corrected chi connectivity index (χ4v) is 3.12. The van der Waals surface area contributed by atoms with E-state index >= 15 is 0 Å². The van der Waals surface area contributed by atoms with E-state index in [1.807, 2.05) is 0 Å². The Labute approximate surface area is 103 Å². The molecular formula is C13H24N2O2. The van der Waals surface area contributed by atoms with E-state index in [4.69, 9.17) is 0 Å². The van der Waals surface area contributed by atoms with Gasteiger partial charge in [0.1, 0.15) is 0 Å². The Morgan fingerprint density at radius 3 is 2.88 bits per heavy atom. The Morgan fingerprint density at radius 2 is 2.18 bits per heavy atom. The minimum absolute atomic E-state index is 0.0382. The minimum atomic E-state index is -0.0382. The van der Waals surface area contributed by atoms with Gasteiger partial charge in [0.2, 0.25) is 5.91 Å². The van der Waals surface area contributed by atoms with Crippen LogP contribution in [0.2, 0.25) is 0 Å². The van der Waals surface area contributed by atoms with Gasteiger partial charge in [0.15, 0.2) is 0 Å². The van der Waals surface area contributed by atoms with Gasteiger partial charge in [0.25, 0.3) is 0 Å². The van der Waals surface area contributed by atoms with E-state index in [0.717, 1.165) is 38.6 Å². The van der Waals surface area contributed by atoms with E-state index in [1.165, 1.54) is 0 Å². The van der Waals surface area contributed by atoms with Gasteiger partial charge in [-0.2, -0.15) is 0 Å². The number of rotatable bonds is 3. The van der Waals surface area contributed by atoms with Crippen molar-refractivity contribution >= 4 is 5.91 Å². The quantitative estimate of drug-likeness (QED) is 0.679. The van der Waals surface area contributed by atoms with Gasteiger partial charge in [-0.15, -0.1) is 0 Å². The van der Waals surface area contributed by atoms with Crippen LogP contribution in [0.5, 0.6) is 0 Å². The molecule has 0 spiro atoms. The van der Waals surface area contributed by atoms with Crippen LogP contribution < -0.4 is 10.6 Å². The molecule has 1 amide bonds. The van der Waals surface area contributed by atoms with Crippen LogP contribution in [0.4, 0.5) is 0 Å². The lowest BCUT2D eigenvalue weighted by atomic mass is 9.91. The number of carbonyl (C=O) groups is 1. The van der Waals surface area contributed by atoms with Gasteiger partial charge in [-0.05, 0) is 38.1 Å². The first kappa shape index (κ1) is 12.8. The topological polar surface area (TPSA) is 61.4 Å². The molecule has 0 bridgehead atoms. The van der Waals surface area contributed by atoms with Crippen LogP contribution in [-0.2, 0) is 4.79 Å². The summed E-state index contributed by atoms with van der Waals surface area (Å²) in [7, 11) is 0. The highest BCUT2D eigenvalue weighted by Gasteiger charge is 2.32. The summed E-state index contributed by atoms with van der Waals surface area (Å²) in [6.07, 6.45) is 5.45. The second-order valence-electron chi connectivity index (χ2n) is 5.54. The first-order valence-electron chi connectivity index (χ1n) is 6.87. The smallest absolute Gasteiger partial charge is 0.237 e. The van der Waals surface area contributed by atoms with Crippen molar-refractivity contribution in [1.82, 2.24) is 10.6 Å². The standard InChI is InChI=1S/C13H24N2O2/c1-9-4-3-7-14-12(9)13(17)15-11-6-2-5-10(11)8-16/h9-12,14,16H,2-8H2,1H3,(H,15,17). The van der Waals surface area contributed by atoms with Crippen molar-refractivity contribution < 1.29 is 9.90 Å². The zero-order chi connectivity index (χ0) is 12.3. The van der Waals surface area contributed by atoms with Crippen LogP contribution in [0.1, 0.15) is 39.0 Å².